The van der Waals surface area contributed by atoms with Crippen LogP contribution in [0.25, 0.3) is 17.4 Å². The molecular weight excluding hydrogens is 405 g/mol. The van der Waals surface area contributed by atoms with Gasteiger partial charge < -0.3 is 4.42 Å². The van der Waals surface area contributed by atoms with Crippen LogP contribution in [0.4, 0.5) is 10.1 Å². The topological polar surface area (TPSA) is 33.5 Å². The number of nitrogens with zero attached hydrogens (tertiary/aromatic N) is 1. The van der Waals surface area contributed by atoms with Crippen LogP contribution in [0.15, 0.2) is 70.0 Å². The van der Waals surface area contributed by atoms with Gasteiger partial charge in [-0.15, -0.1) is 0 Å². The van der Waals surface area contributed by atoms with Crippen LogP contribution in [0.5, 0.6) is 0 Å². The quantitative estimate of drug-likeness (QED) is 0.379. The average Bonchev–Trinajstić information content (AvgIpc) is 3.22. The van der Waals surface area contributed by atoms with Crippen molar-refractivity contribution in [2.45, 2.75) is 0 Å². The van der Waals surface area contributed by atoms with Gasteiger partial charge in [0.25, 0.3) is 5.91 Å². The first kappa shape index (κ1) is 18.0. The molecule has 0 atom stereocenters. The molecule has 0 spiro atoms. The monoisotopic (exact) mass is 415 g/mol. The summed E-state index contributed by atoms with van der Waals surface area (Å²) in [7, 11) is 0. The summed E-state index contributed by atoms with van der Waals surface area (Å²) in [4.78, 5) is 14.7. The van der Waals surface area contributed by atoms with Crippen molar-refractivity contribution >= 4 is 57.6 Å². The fourth-order valence-electron chi connectivity index (χ4n) is 2.61. The van der Waals surface area contributed by atoms with Gasteiger partial charge in [0.1, 0.15) is 17.3 Å². The van der Waals surface area contributed by atoms with Gasteiger partial charge in [-0.1, -0.05) is 35.6 Å². The highest BCUT2D eigenvalue weighted by Gasteiger charge is 2.33. The molecule has 134 valence electrons. The lowest BCUT2D eigenvalue weighted by Gasteiger charge is -2.14. The normalized spacial score (nSPS) is 15.8. The van der Waals surface area contributed by atoms with Gasteiger partial charge in [0, 0.05) is 16.7 Å². The first-order valence-electron chi connectivity index (χ1n) is 7.90. The van der Waals surface area contributed by atoms with Crippen LogP contribution >= 0.6 is 35.6 Å². The van der Waals surface area contributed by atoms with Crippen molar-refractivity contribution < 1.29 is 13.6 Å². The molecule has 0 saturated carbocycles. The second-order valence-electron chi connectivity index (χ2n) is 5.70. The minimum atomic E-state index is -0.309. The summed E-state index contributed by atoms with van der Waals surface area (Å²) in [5.74, 6) is 0.587. The Morgan fingerprint density at radius 3 is 2.44 bits per heavy atom. The number of hydrogen-bond acceptors (Lipinski definition) is 4. The number of rotatable bonds is 3. The van der Waals surface area contributed by atoms with E-state index in [-0.39, 0.29) is 11.7 Å². The van der Waals surface area contributed by atoms with Crippen molar-refractivity contribution in [3.63, 3.8) is 0 Å². The third-order valence-electron chi connectivity index (χ3n) is 3.91. The van der Waals surface area contributed by atoms with Crippen LogP contribution in [0.1, 0.15) is 5.76 Å². The van der Waals surface area contributed by atoms with Crippen LogP contribution in [0.2, 0.25) is 5.02 Å². The number of thioether (sulfide) groups is 1. The van der Waals surface area contributed by atoms with Gasteiger partial charge in [0.2, 0.25) is 0 Å². The van der Waals surface area contributed by atoms with Crippen LogP contribution in [-0.2, 0) is 4.79 Å². The highest BCUT2D eigenvalue weighted by atomic mass is 35.5. The van der Waals surface area contributed by atoms with Gasteiger partial charge in [-0.3, -0.25) is 9.69 Å². The summed E-state index contributed by atoms with van der Waals surface area (Å²) in [6.07, 6.45) is 1.66. The maximum Gasteiger partial charge on any atom is 0.270 e. The van der Waals surface area contributed by atoms with Crippen molar-refractivity contribution in [2.24, 2.45) is 0 Å². The van der Waals surface area contributed by atoms with E-state index >= 15 is 0 Å². The lowest BCUT2D eigenvalue weighted by Crippen LogP contribution is -2.27. The zero-order valence-corrected chi connectivity index (χ0v) is 16.1. The van der Waals surface area contributed by atoms with E-state index in [0.717, 1.165) is 5.56 Å². The molecule has 4 rings (SSSR count). The second-order valence-corrected chi connectivity index (χ2v) is 7.81. The molecule has 1 saturated heterocycles. The Labute approximate surface area is 169 Å². The molecule has 0 unspecified atom stereocenters. The fraction of sp³-hybridized carbons (Fsp3) is 0. The molecule has 2 aromatic carbocycles. The molecule has 1 aliphatic heterocycles. The fourth-order valence-corrected chi connectivity index (χ4v) is 4.01. The molecule has 1 amide bonds. The summed E-state index contributed by atoms with van der Waals surface area (Å²) in [5.41, 5.74) is 1.42. The minimum Gasteiger partial charge on any atom is -0.457 e. The highest BCUT2D eigenvalue weighted by Crippen LogP contribution is 2.37. The molecule has 1 aliphatic rings. The zero-order valence-electron chi connectivity index (χ0n) is 13.7. The number of anilines is 1. The predicted octanol–water partition coefficient (Wildman–Crippen LogP) is 6.14. The van der Waals surface area contributed by atoms with Crippen molar-refractivity contribution in [1.82, 2.24) is 0 Å². The second kappa shape index (κ2) is 7.31. The molecule has 0 radical (unpaired) electrons. The predicted molar refractivity (Wildman–Crippen MR) is 111 cm³/mol. The molecule has 3 aromatic rings. The molecular formula is C20H11ClFNO2S2. The van der Waals surface area contributed by atoms with Gasteiger partial charge in [0.05, 0.1) is 10.6 Å². The maximum atomic E-state index is 13.1. The van der Waals surface area contributed by atoms with Crippen molar-refractivity contribution in [3.8, 4) is 11.3 Å². The van der Waals surface area contributed by atoms with Gasteiger partial charge in [-0.05, 0) is 60.7 Å². The zero-order chi connectivity index (χ0) is 19.0. The molecule has 1 fully saturated rings. The van der Waals surface area contributed by atoms with E-state index < -0.39 is 0 Å². The Kier molecular flexibility index (Phi) is 4.86. The number of amides is 1. The summed E-state index contributed by atoms with van der Waals surface area (Å²) < 4.78 is 19.3. The lowest BCUT2D eigenvalue weighted by molar-refractivity contribution is -0.113. The summed E-state index contributed by atoms with van der Waals surface area (Å²) in [6, 6.07) is 16.5. The largest absolute Gasteiger partial charge is 0.457 e. The first-order chi connectivity index (χ1) is 13.0. The molecule has 2 heterocycles. The molecule has 0 N–H and O–H groups in total. The van der Waals surface area contributed by atoms with E-state index in [1.807, 2.05) is 0 Å². The minimum absolute atomic E-state index is 0.216. The maximum absolute atomic E-state index is 13.1. The summed E-state index contributed by atoms with van der Waals surface area (Å²) in [5, 5.41) is 0.587. The van der Waals surface area contributed by atoms with Gasteiger partial charge in [-0.2, -0.15) is 0 Å². The number of halogens is 2. The van der Waals surface area contributed by atoms with Gasteiger partial charge in [-0.25, -0.2) is 4.39 Å². The Bertz CT molecular complexity index is 1060. The molecule has 27 heavy (non-hydrogen) atoms. The van der Waals surface area contributed by atoms with Gasteiger partial charge >= 0.3 is 0 Å². The number of thiocarbonyl (C=S) groups is 1. The van der Waals surface area contributed by atoms with Crippen LogP contribution in [0.3, 0.4) is 0 Å². The van der Waals surface area contributed by atoms with Crippen molar-refractivity contribution in [2.75, 3.05) is 4.90 Å². The number of benzene rings is 2. The Balaban J connectivity index is 1.59. The molecule has 0 bridgehead atoms. The third-order valence-corrected chi connectivity index (χ3v) is 5.46. The van der Waals surface area contributed by atoms with Crippen LogP contribution in [-0.4, -0.2) is 10.2 Å². The molecule has 7 heteroatoms. The summed E-state index contributed by atoms with van der Waals surface area (Å²) in [6.45, 7) is 0. The first-order valence-corrected chi connectivity index (χ1v) is 9.51. The van der Waals surface area contributed by atoms with Gasteiger partial charge in [0.15, 0.2) is 4.32 Å². The van der Waals surface area contributed by atoms with E-state index in [1.54, 1.807) is 54.6 Å². The Hall–Kier alpha value is -2.41. The Morgan fingerprint density at radius 1 is 1.04 bits per heavy atom. The third kappa shape index (κ3) is 3.69. The van der Waals surface area contributed by atoms with Crippen LogP contribution < -0.4 is 4.90 Å². The number of carbonyl (C=O) groups is 1. The number of carbonyl (C=O) groups excluding carboxylic acids is 1. The van der Waals surface area contributed by atoms with Crippen molar-refractivity contribution in [3.05, 3.63) is 82.2 Å². The van der Waals surface area contributed by atoms with E-state index in [1.165, 1.54) is 28.8 Å². The molecule has 3 nitrogen and oxygen atoms in total. The lowest BCUT2D eigenvalue weighted by atomic mass is 10.2. The van der Waals surface area contributed by atoms with Crippen LogP contribution in [0, 0.1) is 5.82 Å². The number of furan rings is 1. The average molecular weight is 416 g/mol. The number of hydrogen-bond donors (Lipinski definition) is 0. The van der Waals surface area contributed by atoms with Crippen molar-refractivity contribution in [1.29, 1.82) is 0 Å². The van der Waals surface area contributed by atoms with E-state index in [0.29, 0.717) is 31.5 Å². The highest BCUT2D eigenvalue weighted by molar-refractivity contribution is 8.27. The summed E-state index contributed by atoms with van der Waals surface area (Å²) >= 11 is 12.5. The SMILES string of the molecule is O=C1/C(=C\c2ccc(-c3ccc(F)cc3)o2)SC(=S)N1c1ccc(Cl)cc1. The molecule has 1 aromatic heterocycles. The van der Waals surface area contributed by atoms with E-state index in [2.05, 4.69) is 0 Å². The van der Waals surface area contributed by atoms with E-state index in [9.17, 15) is 9.18 Å². The smallest absolute Gasteiger partial charge is 0.270 e. The standard InChI is InChI=1S/C20H11ClFNO2S2/c21-13-3-7-15(8-4-13)23-19(24)18(27-20(23)26)11-16-9-10-17(25-16)12-1-5-14(22)6-2-12/h1-11H/b18-11+. The Morgan fingerprint density at radius 2 is 1.74 bits per heavy atom. The van der Waals surface area contributed by atoms with E-state index in [4.69, 9.17) is 28.2 Å². The molecule has 0 aliphatic carbocycles.